The van der Waals surface area contributed by atoms with Crippen LogP contribution < -0.4 is 5.14 Å². The highest BCUT2D eigenvalue weighted by atomic mass is 32.2. The summed E-state index contributed by atoms with van der Waals surface area (Å²) in [6.07, 6.45) is 2.02. The predicted octanol–water partition coefficient (Wildman–Crippen LogP) is 1.37. The molecule has 0 aliphatic heterocycles. The number of thiophene rings is 1. The highest BCUT2D eigenvalue weighted by Crippen LogP contribution is 2.19. The van der Waals surface area contributed by atoms with E-state index in [2.05, 4.69) is 6.92 Å². The van der Waals surface area contributed by atoms with E-state index in [4.69, 9.17) is 14.6 Å². The van der Waals surface area contributed by atoms with Gasteiger partial charge in [-0.05, 0) is 12.5 Å². The molecule has 6 nitrogen and oxygen atoms in total. The first kappa shape index (κ1) is 16.1. The quantitative estimate of drug-likeness (QED) is 0.578. The van der Waals surface area contributed by atoms with Gasteiger partial charge in [-0.15, -0.1) is 11.3 Å². The molecular weight excluding hydrogens is 290 g/mol. The molecule has 0 unspecified atom stereocenters. The van der Waals surface area contributed by atoms with Gasteiger partial charge in [0.1, 0.15) is 10.8 Å². The molecule has 108 valence electrons. The standard InChI is InChI=1S/C11H17NO5S2/c1-2-3-4-16-5-6-17-11(13)9-7-10(18-8-9)19(12,14)15/h7-8H,2-6H2,1H3,(H2,12,14,15). The summed E-state index contributed by atoms with van der Waals surface area (Å²) in [5.74, 6) is -0.578. The number of hydrogen-bond donors (Lipinski definition) is 1. The zero-order valence-electron chi connectivity index (χ0n) is 10.6. The van der Waals surface area contributed by atoms with Gasteiger partial charge in [0.2, 0.25) is 10.0 Å². The van der Waals surface area contributed by atoms with Gasteiger partial charge in [0, 0.05) is 12.0 Å². The third kappa shape index (κ3) is 5.68. The Morgan fingerprint density at radius 2 is 2.11 bits per heavy atom. The highest BCUT2D eigenvalue weighted by Gasteiger charge is 2.15. The van der Waals surface area contributed by atoms with Crippen LogP contribution in [0, 0.1) is 0 Å². The molecule has 0 aliphatic carbocycles. The third-order valence-electron chi connectivity index (χ3n) is 2.19. The number of nitrogens with two attached hydrogens (primary N) is 1. The van der Waals surface area contributed by atoms with Crippen LogP contribution in [-0.2, 0) is 19.5 Å². The Bertz CT molecular complexity index is 509. The van der Waals surface area contributed by atoms with E-state index in [1.807, 2.05) is 0 Å². The first-order chi connectivity index (χ1) is 8.95. The van der Waals surface area contributed by atoms with Gasteiger partial charge < -0.3 is 9.47 Å². The minimum absolute atomic E-state index is 0.0568. The molecule has 2 N–H and O–H groups in total. The molecule has 0 saturated carbocycles. The van der Waals surface area contributed by atoms with Gasteiger partial charge in [0.05, 0.1) is 12.2 Å². The molecule has 0 spiro atoms. The smallest absolute Gasteiger partial charge is 0.339 e. The van der Waals surface area contributed by atoms with E-state index in [1.54, 1.807) is 0 Å². The molecule has 19 heavy (non-hydrogen) atoms. The number of rotatable bonds is 8. The van der Waals surface area contributed by atoms with Crippen LogP contribution in [0.25, 0.3) is 0 Å². The van der Waals surface area contributed by atoms with Gasteiger partial charge >= 0.3 is 5.97 Å². The summed E-state index contributed by atoms with van der Waals surface area (Å²) in [6.45, 7) is 3.17. The van der Waals surface area contributed by atoms with Crippen molar-refractivity contribution in [3.63, 3.8) is 0 Å². The fraction of sp³-hybridized carbons (Fsp3) is 0.545. The number of esters is 1. The van der Waals surface area contributed by atoms with Crippen LogP contribution in [0.1, 0.15) is 30.1 Å². The fourth-order valence-corrected chi connectivity index (χ4v) is 2.77. The molecule has 0 amide bonds. The number of primary sulfonamides is 1. The van der Waals surface area contributed by atoms with Gasteiger partial charge in [-0.25, -0.2) is 18.4 Å². The van der Waals surface area contributed by atoms with Crippen molar-refractivity contribution in [3.8, 4) is 0 Å². The number of ether oxygens (including phenoxy) is 2. The Morgan fingerprint density at radius 3 is 2.68 bits per heavy atom. The molecule has 0 aromatic carbocycles. The van der Waals surface area contributed by atoms with Crippen LogP contribution >= 0.6 is 11.3 Å². The number of unbranched alkanes of at least 4 members (excludes halogenated alkanes) is 1. The van der Waals surface area contributed by atoms with Crippen molar-refractivity contribution in [1.29, 1.82) is 0 Å². The van der Waals surface area contributed by atoms with E-state index < -0.39 is 16.0 Å². The summed E-state index contributed by atoms with van der Waals surface area (Å²) >= 11 is 0.890. The van der Waals surface area contributed by atoms with Gasteiger partial charge in [0.15, 0.2) is 0 Å². The van der Waals surface area contributed by atoms with Crippen LogP contribution in [0.3, 0.4) is 0 Å². The summed E-state index contributed by atoms with van der Waals surface area (Å²) in [5, 5.41) is 6.35. The van der Waals surface area contributed by atoms with Crippen molar-refractivity contribution in [2.75, 3.05) is 19.8 Å². The zero-order chi connectivity index (χ0) is 14.3. The monoisotopic (exact) mass is 307 g/mol. The Kier molecular flexibility index (Phi) is 6.43. The minimum atomic E-state index is -3.76. The molecule has 8 heteroatoms. The lowest BCUT2D eigenvalue weighted by atomic mass is 10.3. The molecule has 0 aliphatic rings. The molecule has 1 aromatic heterocycles. The van der Waals surface area contributed by atoms with Crippen molar-refractivity contribution in [2.24, 2.45) is 5.14 Å². The summed E-state index contributed by atoms with van der Waals surface area (Å²) in [6, 6.07) is 1.21. The molecule has 0 saturated heterocycles. The average Bonchev–Trinajstić information content (AvgIpc) is 2.82. The number of carbonyl (C=O) groups is 1. The van der Waals surface area contributed by atoms with E-state index in [0.29, 0.717) is 13.2 Å². The van der Waals surface area contributed by atoms with Gasteiger partial charge in [-0.2, -0.15) is 0 Å². The Morgan fingerprint density at radius 1 is 1.37 bits per heavy atom. The van der Waals surface area contributed by atoms with E-state index in [9.17, 15) is 13.2 Å². The fourth-order valence-electron chi connectivity index (χ4n) is 1.20. The lowest BCUT2D eigenvalue weighted by Crippen LogP contribution is -2.12. The van der Waals surface area contributed by atoms with Crippen LogP contribution in [-0.4, -0.2) is 34.2 Å². The Hall–Kier alpha value is -0.960. The lowest BCUT2D eigenvalue weighted by molar-refractivity contribution is 0.0314. The maximum Gasteiger partial charge on any atom is 0.339 e. The van der Waals surface area contributed by atoms with E-state index in [-0.39, 0.29) is 16.4 Å². The highest BCUT2D eigenvalue weighted by molar-refractivity contribution is 7.91. The molecule has 0 bridgehead atoms. The van der Waals surface area contributed by atoms with Crippen molar-refractivity contribution < 1.29 is 22.7 Å². The van der Waals surface area contributed by atoms with Gasteiger partial charge in [-0.3, -0.25) is 0 Å². The van der Waals surface area contributed by atoms with Gasteiger partial charge in [-0.1, -0.05) is 13.3 Å². The third-order valence-corrected chi connectivity index (χ3v) is 4.58. The molecular formula is C11H17NO5S2. The second kappa shape index (κ2) is 7.59. The van der Waals surface area contributed by atoms with Crippen LogP contribution in [0.5, 0.6) is 0 Å². The molecule has 1 aromatic rings. The lowest BCUT2D eigenvalue weighted by Gasteiger charge is -2.04. The molecule has 1 rings (SSSR count). The van der Waals surface area contributed by atoms with Gasteiger partial charge in [0.25, 0.3) is 0 Å². The van der Waals surface area contributed by atoms with Crippen molar-refractivity contribution in [1.82, 2.24) is 0 Å². The SMILES string of the molecule is CCCCOCCOC(=O)c1csc(S(N)(=O)=O)c1. The topological polar surface area (TPSA) is 95.7 Å². The maximum atomic E-state index is 11.6. The largest absolute Gasteiger partial charge is 0.460 e. The van der Waals surface area contributed by atoms with Crippen molar-refractivity contribution >= 4 is 27.3 Å². The van der Waals surface area contributed by atoms with E-state index in [1.165, 1.54) is 11.4 Å². The average molecular weight is 307 g/mol. The van der Waals surface area contributed by atoms with E-state index >= 15 is 0 Å². The summed E-state index contributed by atoms with van der Waals surface area (Å²) in [4.78, 5) is 11.6. The van der Waals surface area contributed by atoms with Crippen LogP contribution in [0.2, 0.25) is 0 Å². The summed E-state index contributed by atoms with van der Waals surface area (Å²) in [7, 11) is -3.76. The predicted molar refractivity (Wildman–Crippen MR) is 71.7 cm³/mol. The molecule has 0 atom stereocenters. The van der Waals surface area contributed by atoms with Crippen molar-refractivity contribution in [2.45, 2.75) is 24.0 Å². The minimum Gasteiger partial charge on any atom is -0.460 e. The molecule has 1 heterocycles. The Balaban J connectivity index is 2.36. The summed E-state index contributed by atoms with van der Waals surface area (Å²) < 4.78 is 32.2. The van der Waals surface area contributed by atoms with E-state index in [0.717, 1.165) is 24.2 Å². The number of hydrogen-bond acceptors (Lipinski definition) is 6. The first-order valence-electron chi connectivity index (χ1n) is 5.81. The number of sulfonamides is 1. The van der Waals surface area contributed by atoms with Crippen LogP contribution in [0.15, 0.2) is 15.7 Å². The Labute approximate surface area is 116 Å². The maximum absolute atomic E-state index is 11.6. The zero-order valence-corrected chi connectivity index (χ0v) is 12.3. The van der Waals surface area contributed by atoms with Crippen LogP contribution in [0.4, 0.5) is 0 Å². The second-order valence-corrected chi connectivity index (χ2v) is 6.50. The number of carbonyl (C=O) groups excluding carboxylic acids is 1. The molecule has 0 radical (unpaired) electrons. The summed E-state index contributed by atoms with van der Waals surface area (Å²) in [5.41, 5.74) is 0.183. The normalized spacial score (nSPS) is 11.5. The first-order valence-corrected chi connectivity index (χ1v) is 8.24. The van der Waals surface area contributed by atoms with Crippen molar-refractivity contribution in [3.05, 3.63) is 17.0 Å². The molecule has 0 fully saturated rings. The second-order valence-electron chi connectivity index (χ2n) is 3.80.